The third kappa shape index (κ3) is 2.92. The fourth-order valence-electron chi connectivity index (χ4n) is 1.89. The van der Waals surface area contributed by atoms with Gasteiger partial charge < -0.3 is 10.2 Å². The second-order valence-electron chi connectivity index (χ2n) is 4.29. The van der Waals surface area contributed by atoms with E-state index in [-0.39, 0.29) is 5.78 Å². The number of benzene rings is 1. The first-order valence-corrected chi connectivity index (χ1v) is 6.51. The molecule has 1 aromatic carbocycles. The summed E-state index contributed by atoms with van der Waals surface area (Å²) in [6.07, 6.45) is 3.28. The van der Waals surface area contributed by atoms with E-state index in [0.29, 0.717) is 29.3 Å². The van der Waals surface area contributed by atoms with Crippen LogP contribution in [-0.2, 0) is 0 Å². The summed E-state index contributed by atoms with van der Waals surface area (Å²) in [6, 6.07) is 7.24. The van der Waals surface area contributed by atoms with Crippen LogP contribution in [0.15, 0.2) is 28.7 Å². The van der Waals surface area contributed by atoms with Gasteiger partial charge in [-0.1, -0.05) is 30.2 Å². The van der Waals surface area contributed by atoms with Crippen molar-refractivity contribution in [1.82, 2.24) is 0 Å². The summed E-state index contributed by atoms with van der Waals surface area (Å²) in [6.45, 7) is 0.675. The van der Waals surface area contributed by atoms with Crippen LogP contribution in [0, 0.1) is 0 Å². The maximum Gasteiger partial charge on any atom is 0.198 e. The zero-order chi connectivity index (χ0) is 13.0. The minimum atomic E-state index is 0.0271. The quantitative estimate of drug-likeness (QED) is 0.639. The summed E-state index contributed by atoms with van der Waals surface area (Å²) in [5, 5.41) is 1.41. The van der Waals surface area contributed by atoms with Crippen molar-refractivity contribution in [3.8, 4) is 0 Å². The molecule has 0 atom stereocenters. The maximum atomic E-state index is 11.9. The summed E-state index contributed by atoms with van der Waals surface area (Å²) in [5.41, 5.74) is 5.99. The lowest BCUT2D eigenvalue weighted by molar-refractivity contribution is 0.0954. The van der Waals surface area contributed by atoms with Gasteiger partial charge in [-0.05, 0) is 31.5 Å². The lowest BCUT2D eigenvalue weighted by Gasteiger charge is -1.97. The number of hydrogen-bond donors (Lipinski definition) is 1. The van der Waals surface area contributed by atoms with Gasteiger partial charge in [-0.25, -0.2) is 0 Å². The number of rotatable bonds is 6. The van der Waals surface area contributed by atoms with Crippen LogP contribution < -0.4 is 5.73 Å². The second kappa shape index (κ2) is 6.03. The lowest BCUT2D eigenvalue weighted by atomic mass is 10.1. The molecule has 0 amide bonds. The van der Waals surface area contributed by atoms with Gasteiger partial charge in [-0.15, -0.1) is 0 Å². The molecular formula is C14H16ClNO2. The van der Waals surface area contributed by atoms with Crippen molar-refractivity contribution in [3.63, 3.8) is 0 Å². The third-order valence-electron chi connectivity index (χ3n) is 2.88. The van der Waals surface area contributed by atoms with Crippen LogP contribution in [0.3, 0.4) is 0 Å². The molecule has 0 aliphatic carbocycles. The highest BCUT2D eigenvalue weighted by atomic mass is 35.5. The molecule has 0 fully saturated rings. The summed E-state index contributed by atoms with van der Waals surface area (Å²) in [4.78, 5) is 11.9. The highest BCUT2D eigenvalue weighted by Gasteiger charge is 2.13. The van der Waals surface area contributed by atoms with E-state index in [1.807, 2.05) is 12.1 Å². The smallest absolute Gasteiger partial charge is 0.198 e. The predicted molar refractivity (Wildman–Crippen MR) is 73.1 cm³/mol. The van der Waals surface area contributed by atoms with Crippen molar-refractivity contribution in [2.45, 2.75) is 25.7 Å². The Kier molecular flexibility index (Phi) is 4.39. The second-order valence-corrected chi connectivity index (χ2v) is 4.70. The monoisotopic (exact) mass is 265 g/mol. The molecule has 0 spiro atoms. The number of hydrogen-bond acceptors (Lipinski definition) is 3. The Labute approximate surface area is 111 Å². The fourth-order valence-corrected chi connectivity index (χ4v) is 2.12. The predicted octanol–water partition coefficient (Wildman–Crippen LogP) is 3.79. The van der Waals surface area contributed by atoms with E-state index < -0.39 is 0 Å². The van der Waals surface area contributed by atoms with E-state index in [4.69, 9.17) is 21.8 Å². The van der Waals surface area contributed by atoms with Crippen molar-refractivity contribution < 1.29 is 9.21 Å². The molecule has 0 saturated heterocycles. The molecule has 1 heterocycles. The van der Waals surface area contributed by atoms with Gasteiger partial charge >= 0.3 is 0 Å². The first-order chi connectivity index (χ1) is 8.72. The van der Waals surface area contributed by atoms with Gasteiger partial charge in [-0.3, -0.25) is 4.79 Å². The van der Waals surface area contributed by atoms with Crippen LogP contribution in [-0.4, -0.2) is 12.3 Å². The van der Waals surface area contributed by atoms with Gasteiger partial charge in [0.2, 0.25) is 0 Å². The number of furan rings is 1. The highest BCUT2D eigenvalue weighted by Crippen LogP contribution is 2.27. The van der Waals surface area contributed by atoms with Crippen LogP contribution in [0.5, 0.6) is 0 Å². The van der Waals surface area contributed by atoms with E-state index in [2.05, 4.69) is 0 Å². The molecule has 2 rings (SSSR count). The van der Waals surface area contributed by atoms with E-state index in [0.717, 1.165) is 24.6 Å². The van der Waals surface area contributed by atoms with E-state index >= 15 is 0 Å². The molecule has 0 radical (unpaired) electrons. The molecule has 2 aromatic rings. The van der Waals surface area contributed by atoms with Crippen LogP contribution in [0.1, 0.15) is 36.2 Å². The number of carbonyl (C=O) groups excluding carboxylic acids is 1. The summed E-state index contributed by atoms with van der Waals surface area (Å²) in [7, 11) is 0. The van der Waals surface area contributed by atoms with Crippen molar-refractivity contribution in [1.29, 1.82) is 0 Å². The molecule has 0 saturated carbocycles. The Morgan fingerprint density at radius 3 is 2.83 bits per heavy atom. The number of nitrogens with two attached hydrogens (primary N) is 1. The number of halogens is 1. The molecule has 96 valence electrons. The van der Waals surface area contributed by atoms with Crippen molar-refractivity contribution >= 4 is 28.4 Å². The van der Waals surface area contributed by atoms with Gasteiger partial charge in [-0.2, -0.15) is 0 Å². The Hall–Kier alpha value is -1.32. The van der Waals surface area contributed by atoms with Crippen molar-refractivity contribution in [2.24, 2.45) is 5.73 Å². The largest absolute Gasteiger partial charge is 0.451 e. The number of Topliss-reactive ketones (excluding diaryl/α,β-unsaturated/α-hetero) is 1. The topological polar surface area (TPSA) is 56.2 Å². The van der Waals surface area contributed by atoms with E-state index in [1.165, 1.54) is 0 Å². The van der Waals surface area contributed by atoms with Gasteiger partial charge in [0.05, 0.1) is 5.02 Å². The van der Waals surface area contributed by atoms with Crippen LogP contribution in [0.25, 0.3) is 11.0 Å². The van der Waals surface area contributed by atoms with Gasteiger partial charge in [0, 0.05) is 11.8 Å². The molecule has 0 aliphatic heterocycles. The maximum absolute atomic E-state index is 11.9. The number of para-hydroxylation sites is 1. The fraction of sp³-hybridized carbons (Fsp3) is 0.357. The van der Waals surface area contributed by atoms with Crippen molar-refractivity contribution in [3.05, 3.63) is 35.0 Å². The standard InChI is InChI=1S/C14H16ClNO2/c15-11-6-4-5-10-9-13(18-14(10)11)12(17)7-2-1-3-8-16/h4-6,9H,1-3,7-8,16H2. The van der Waals surface area contributed by atoms with Crippen LogP contribution in [0.4, 0.5) is 0 Å². The average Bonchev–Trinajstić information content (AvgIpc) is 2.80. The third-order valence-corrected chi connectivity index (χ3v) is 3.18. The molecule has 18 heavy (non-hydrogen) atoms. The molecule has 4 heteroatoms. The molecule has 0 unspecified atom stereocenters. The minimum absolute atomic E-state index is 0.0271. The van der Waals surface area contributed by atoms with Crippen LogP contribution >= 0.6 is 11.6 Å². The Morgan fingerprint density at radius 2 is 2.11 bits per heavy atom. The Morgan fingerprint density at radius 1 is 1.28 bits per heavy atom. The van der Waals surface area contributed by atoms with Crippen molar-refractivity contribution in [2.75, 3.05) is 6.54 Å². The summed E-state index contributed by atoms with van der Waals surface area (Å²) < 4.78 is 5.51. The molecule has 1 aromatic heterocycles. The SMILES string of the molecule is NCCCCCC(=O)c1cc2cccc(Cl)c2o1. The number of unbranched alkanes of at least 4 members (excludes halogenated alkanes) is 2. The molecule has 0 aliphatic rings. The molecule has 3 nitrogen and oxygen atoms in total. The normalized spacial score (nSPS) is 11.0. The Balaban J connectivity index is 2.06. The summed E-state index contributed by atoms with van der Waals surface area (Å²) >= 11 is 6.00. The van der Waals surface area contributed by atoms with Gasteiger partial charge in [0.15, 0.2) is 17.1 Å². The average molecular weight is 266 g/mol. The zero-order valence-corrected chi connectivity index (χ0v) is 10.9. The number of ketones is 1. The minimum Gasteiger partial charge on any atom is -0.451 e. The van der Waals surface area contributed by atoms with Gasteiger partial charge in [0.1, 0.15) is 0 Å². The number of carbonyl (C=O) groups is 1. The molecule has 2 N–H and O–H groups in total. The van der Waals surface area contributed by atoms with Gasteiger partial charge in [0.25, 0.3) is 0 Å². The highest BCUT2D eigenvalue weighted by molar-refractivity contribution is 6.34. The first-order valence-electron chi connectivity index (χ1n) is 6.13. The van der Waals surface area contributed by atoms with Crippen LogP contribution in [0.2, 0.25) is 5.02 Å². The van der Waals surface area contributed by atoms with E-state index in [1.54, 1.807) is 12.1 Å². The first kappa shape index (κ1) is 13.1. The molecular weight excluding hydrogens is 250 g/mol. The lowest BCUT2D eigenvalue weighted by Crippen LogP contribution is -2.00. The summed E-state index contributed by atoms with van der Waals surface area (Å²) in [5.74, 6) is 0.421. The number of fused-ring (bicyclic) bond motifs is 1. The molecule has 0 bridgehead atoms. The van der Waals surface area contributed by atoms with E-state index in [9.17, 15) is 4.79 Å². The Bertz CT molecular complexity index is 548. The zero-order valence-electron chi connectivity index (χ0n) is 10.1.